The van der Waals surface area contributed by atoms with Crippen molar-refractivity contribution in [3.63, 3.8) is 0 Å². The molecule has 2 aromatic heterocycles. The highest BCUT2D eigenvalue weighted by Crippen LogP contribution is 2.31. The maximum atomic E-state index is 12.8. The molecule has 1 aliphatic heterocycles. The molecule has 2 aromatic rings. The van der Waals surface area contributed by atoms with Crippen LogP contribution in [0.1, 0.15) is 18.7 Å². The van der Waals surface area contributed by atoms with Crippen LogP contribution in [0, 0.1) is 6.92 Å². The fraction of sp³-hybridized carbons (Fsp3) is 0.615. The van der Waals surface area contributed by atoms with E-state index in [9.17, 15) is 13.2 Å². The number of halogens is 3. The molecule has 0 spiro atoms. The molecule has 0 radical (unpaired) electrons. The van der Waals surface area contributed by atoms with Crippen LogP contribution in [0.25, 0.3) is 5.65 Å². The fourth-order valence-electron chi connectivity index (χ4n) is 2.86. The molecule has 9 heteroatoms. The van der Waals surface area contributed by atoms with Gasteiger partial charge in [-0.2, -0.15) is 17.7 Å². The lowest BCUT2D eigenvalue weighted by Crippen LogP contribution is -2.52. The largest absolute Gasteiger partial charge is 0.404 e. The minimum absolute atomic E-state index is 0.0645. The van der Waals surface area contributed by atoms with Gasteiger partial charge < -0.3 is 5.32 Å². The fourth-order valence-corrected chi connectivity index (χ4v) is 2.86. The van der Waals surface area contributed by atoms with Crippen LogP contribution in [-0.2, 0) is 0 Å². The minimum atomic E-state index is -4.17. The average Bonchev–Trinajstić information content (AvgIpc) is 2.79. The van der Waals surface area contributed by atoms with Crippen LogP contribution in [0.5, 0.6) is 0 Å². The van der Waals surface area contributed by atoms with E-state index in [0.29, 0.717) is 30.3 Å². The summed E-state index contributed by atoms with van der Waals surface area (Å²) in [5, 5.41) is 15.4. The van der Waals surface area contributed by atoms with E-state index in [0.717, 1.165) is 0 Å². The summed E-state index contributed by atoms with van der Waals surface area (Å²) in [6.07, 6.45) is -3.63. The Bertz CT molecular complexity index is 667. The summed E-state index contributed by atoms with van der Waals surface area (Å²) in [5.41, 5.74) is 0.640. The number of rotatable bonds is 2. The summed E-state index contributed by atoms with van der Waals surface area (Å²) >= 11 is 0. The predicted octanol–water partition coefficient (Wildman–Crippen LogP) is 1.87. The number of aryl methyl sites for hydroxylation is 1. The monoisotopic (exact) mass is 314 g/mol. The highest BCUT2D eigenvalue weighted by molar-refractivity contribution is 5.44. The zero-order valence-electron chi connectivity index (χ0n) is 12.3. The van der Waals surface area contributed by atoms with Crippen LogP contribution in [0.15, 0.2) is 12.1 Å². The Morgan fingerprint density at radius 2 is 2.00 bits per heavy atom. The molecule has 1 saturated heterocycles. The topological polar surface area (TPSA) is 58.4 Å². The first-order chi connectivity index (χ1) is 10.3. The molecule has 22 heavy (non-hydrogen) atoms. The number of nitrogens with zero attached hydrogens (tertiary/aromatic N) is 5. The van der Waals surface area contributed by atoms with Gasteiger partial charge in [0, 0.05) is 12.6 Å². The molecule has 6 nitrogen and oxygen atoms in total. The number of hydrogen-bond donors (Lipinski definition) is 1. The van der Waals surface area contributed by atoms with E-state index in [4.69, 9.17) is 0 Å². The predicted molar refractivity (Wildman–Crippen MR) is 74.6 cm³/mol. The Labute approximate surface area is 125 Å². The molecule has 2 atom stereocenters. The van der Waals surface area contributed by atoms with E-state index < -0.39 is 12.2 Å². The van der Waals surface area contributed by atoms with Gasteiger partial charge >= 0.3 is 6.18 Å². The number of piperidine rings is 1. The summed E-state index contributed by atoms with van der Waals surface area (Å²) < 4.78 is 40.1. The molecule has 0 aromatic carbocycles. The zero-order valence-corrected chi connectivity index (χ0v) is 12.3. The van der Waals surface area contributed by atoms with Crippen molar-refractivity contribution >= 4 is 11.5 Å². The normalized spacial score (nSPS) is 23.9. The van der Waals surface area contributed by atoms with Crippen LogP contribution < -0.4 is 5.32 Å². The van der Waals surface area contributed by atoms with Gasteiger partial charge in [-0.05, 0) is 38.9 Å². The Morgan fingerprint density at radius 1 is 1.23 bits per heavy atom. The summed E-state index contributed by atoms with van der Waals surface area (Å²) in [6, 6.07) is 2.12. The third-order valence-corrected chi connectivity index (χ3v) is 3.98. The molecule has 120 valence electrons. The molecule has 0 bridgehead atoms. The zero-order chi connectivity index (χ0) is 15.9. The molecule has 0 saturated carbocycles. The van der Waals surface area contributed by atoms with Gasteiger partial charge in [-0.15, -0.1) is 15.3 Å². The molecule has 3 heterocycles. The highest BCUT2D eigenvalue weighted by atomic mass is 19.4. The molecule has 0 aliphatic carbocycles. The van der Waals surface area contributed by atoms with Gasteiger partial charge in [0.05, 0.1) is 0 Å². The number of alkyl halides is 3. The number of hydrogen-bond acceptors (Lipinski definition) is 5. The summed E-state index contributed by atoms with van der Waals surface area (Å²) in [5.74, 6) is 1.27. The lowest BCUT2D eigenvalue weighted by molar-refractivity contribution is -0.187. The molecule has 1 aliphatic rings. The standard InChI is InChI=1S/C13H17F3N6/c1-8-18-19-12-6-5-11(20-22(8)12)17-9-3-4-10(13(14,15)16)21(2)7-9/h5-6,9-10H,3-4,7H2,1-2H3,(H,17,20)/t9-,10-/m0/s1. The van der Waals surface area contributed by atoms with Crippen molar-refractivity contribution in [3.05, 3.63) is 18.0 Å². The van der Waals surface area contributed by atoms with Crippen molar-refractivity contribution in [1.82, 2.24) is 24.7 Å². The van der Waals surface area contributed by atoms with Crippen LogP contribution in [0.2, 0.25) is 0 Å². The molecular formula is C13H17F3N6. The first kappa shape index (κ1) is 15.0. The van der Waals surface area contributed by atoms with Crippen molar-refractivity contribution in [2.75, 3.05) is 18.9 Å². The molecule has 3 rings (SSSR count). The van der Waals surface area contributed by atoms with Crippen molar-refractivity contribution in [2.45, 2.75) is 38.0 Å². The first-order valence-corrected chi connectivity index (χ1v) is 7.07. The molecule has 0 unspecified atom stereocenters. The number of fused-ring (bicyclic) bond motifs is 1. The third-order valence-electron chi connectivity index (χ3n) is 3.98. The maximum absolute atomic E-state index is 12.8. The van der Waals surface area contributed by atoms with Crippen molar-refractivity contribution in [1.29, 1.82) is 0 Å². The summed E-state index contributed by atoms with van der Waals surface area (Å²) in [4.78, 5) is 1.35. The van der Waals surface area contributed by atoms with Gasteiger partial charge in [0.25, 0.3) is 0 Å². The Morgan fingerprint density at radius 3 is 2.68 bits per heavy atom. The van der Waals surface area contributed by atoms with E-state index in [1.807, 2.05) is 0 Å². The van der Waals surface area contributed by atoms with Crippen molar-refractivity contribution in [3.8, 4) is 0 Å². The Balaban J connectivity index is 1.69. The number of likely N-dealkylation sites (N-methyl/N-ethyl adjacent to an activating group) is 1. The van der Waals surface area contributed by atoms with Crippen LogP contribution in [-0.4, -0.2) is 56.6 Å². The van der Waals surface area contributed by atoms with Crippen LogP contribution in [0.4, 0.5) is 19.0 Å². The lowest BCUT2D eigenvalue weighted by Gasteiger charge is -2.38. The van der Waals surface area contributed by atoms with Gasteiger partial charge in [0.15, 0.2) is 11.5 Å². The van der Waals surface area contributed by atoms with Crippen LogP contribution >= 0.6 is 0 Å². The second-order valence-corrected chi connectivity index (χ2v) is 5.65. The minimum Gasteiger partial charge on any atom is -0.365 e. The van der Waals surface area contributed by atoms with Gasteiger partial charge in [-0.1, -0.05) is 0 Å². The summed E-state index contributed by atoms with van der Waals surface area (Å²) in [7, 11) is 1.51. The van der Waals surface area contributed by atoms with E-state index >= 15 is 0 Å². The second kappa shape index (κ2) is 5.38. The third kappa shape index (κ3) is 2.85. The number of nitrogens with one attached hydrogen (secondary N) is 1. The first-order valence-electron chi connectivity index (χ1n) is 7.07. The molecule has 0 amide bonds. The average molecular weight is 314 g/mol. The molecule has 1 fully saturated rings. The quantitative estimate of drug-likeness (QED) is 0.917. The maximum Gasteiger partial charge on any atom is 0.404 e. The van der Waals surface area contributed by atoms with E-state index in [1.165, 1.54) is 11.9 Å². The number of likely N-dealkylation sites (tertiary alicyclic amines) is 1. The lowest BCUT2D eigenvalue weighted by atomic mass is 9.98. The van der Waals surface area contributed by atoms with E-state index in [2.05, 4.69) is 20.6 Å². The van der Waals surface area contributed by atoms with E-state index in [1.54, 1.807) is 23.6 Å². The summed E-state index contributed by atoms with van der Waals surface area (Å²) in [6.45, 7) is 2.12. The number of anilines is 1. The smallest absolute Gasteiger partial charge is 0.365 e. The SMILES string of the molecule is Cc1nnc2ccc(N[C@H]3CC[C@@H](C(F)(F)F)N(C)C3)nn12. The van der Waals surface area contributed by atoms with Crippen LogP contribution in [0.3, 0.4) is 0 Å². The van der Waals surface area contributed by atoms with Gasteiger partial charge in [0.2, 0.25) is 0 Å². The van der Waals surface area contributed by atoms with Gasteiger partial charge in [-0.3, -0.25) is 4.90 Å². The second-order valence-electron chi connectivity index (χ2n) is 5.65. The van der Waals surface area contributed by atoms with Gasteiger partial charge in [-0.25, -0.2) is 0 Å². The van der Waals surface area contributed by atoms with Crippen molar-refractivity contribution in [2.24, 2.45) is 0 Å². The Kier molecular flexibility index (Phi) is 3.67. The van der Waals surface area contributed by atoms with Crippen molar-refractivity contribution < 1.29 is 13.2 Å². The highest BCUT2D eigenvalue weighted by Gasteiger charge is 2.44. The van der Waals surface area contributed by atoms with Gasteiger partial charge in [0.1, 0.15) is 11.9 Å². The number of aromatic nitrogens is 4. The Hall–Kier alpha value is -1.90. The molecule has 1 N–H and O–H groups in total. The molecular weight excluding hydrogens is 297 g/mol. The van der Waals surface area contributed by atoms with E-state index in [-0.39, 0.29) is 12.5 Å².